The molecule has 0 saturated carbocycles. The third-order valence-electron chi connectivity index (χ3n) is 6.81. The summed E-state index contributed by atoms with van der Waals surface area (Å²) in [7, 11) is 0. The zero-order chi connectivity index (χ0) is 24.2. The number of hydrogen-bond donors (Lipinski definition) is 2. The predicted molar refractivity (Wildman–Crippen MR) is 141 cm³/mol. The lowest BCUT2D eigenvalue weighted by Crippen LogP contribution is -2.04. The number of carbonyl (C=O) groups is 1. The summed E-state index contributed by atoms with van der Waals surface area (Å²) in [4.78, 5) is 12.8. The van der Waals surface area contributed by atoms with Crippen LogP contribution in [0.25, 0.3) is 0 Å². The molecule has 0 bridgehead atoms. The minimum atomic E-state index is -0.183. The molecule has 2 N–H and O–H groups in total. The highest BCUT2D eigenvalue weighted by molar-refractivity contribution is 5.98. The van der Waals surface area contributed by atoms with Crippen molar-refractivity contribution >= 4 is 5.78 Å². The number of aryl methyl sites for hydroxylation is 1. The molecule has 0 spiro atoms. The molecule has 1 aromatic rings. The van der Waals surface area contributed by atoms with E-state index in [1.807, 2.05) is 0 Å². The van der Waals surface area contributed by atoms with Gasteiger partial charge in [-0.2, -0.15) is 0 Å². The van der Waals surface area contributed by atoms with Gasteiger partial charge in [-0.15, -0.1) is 0 Å². The fourth-order valence-corrected chi connectivity index (χ4v) is 4.62. The molecule has 1 aromatic carbocycles. The van der Waals surface area contributed by atoms with Crippen LogP contribution < -0.4 is 0 Å². The molecule has 1 rings (SSSR count). The number of rotatable bonds is 22. The number of hydrogen-bond acceptors (Lipinski definition) is 3. The standard InChI is InChI=1S/C30H52O3/c1-3-5-7-9-11-13-15-16-18-20-22-26-24-29(32)30(33)25-27(26)28(31)23-21-19-17-14-12-10-8-6-4-2/h24-25,32-33H,3-23H2,1-2H3. The molecule has 0 aromatic heterocycles. The maximum atomic E-state index is 12.8. The molecule has 3 heteroatoms. The Morgan fingerprint density at radius 1 is 0.576 bits per heavy atom. The fourth-order valence-electron chi connectivity index (χ4n) is 4.62. The third-order valence-corrected chi connectivity index (χ3v) is 6.81. The first-order valence-corrected chi connectivity index (χ1v) is 14.2. The van der Waals surface area contributed by atoms with Crippen molar-refractivity contribution in [3.05, 3.63) is 23.3 Å². The van der Waals surface area contributed by atoms with Crippen molar-refractivity contribution in [2.45, 2.75) is 149 Å². The molecule has 0 saturated heterocycles. The first-order valence-electron chi connectivity index (χ1n) is 14.2. The van der Waals surface area contributed by atoms with Crippen LogP contribution in [0.3, 0.4) is 0 Å². The Balaban J connectivity index is 2.30. The molecular formula is C30H52O3. The largest absolute Gasteiger partial charge is 0.504 e. The summed E-state index contributed by atoms with van der Waals surface area (Å²) >= 11 is 0. The van der Waals surface area contributed by atoms with Crippen LogP contribution >= 0.6 is 0 Å². The van der Waals surface area contributed by atoms with Crippen LogP contribution in [0, 0.1) is 0 Å². The van der Waals surface area contributed by atoms with Gasteiger partial charge in [0.2, 0.25) is 0 Å². The highest BCUT2D eigenvalue weighted by Crippen LogP contribution is 2.30. The summed E-state index contributed by atoms with van der Waals surface area (Å²) in [6.07, 6.45) is 25.2. The summed E-state index contributed by atoms with van der Waals surface area (Å²) in [6, 6.07) is 3.09. The topological polar surface area (TPSA) is 57.5 Å². The van der Waals surface area contributed by atoms with Gasteiger partial charge in [0.15, 0.2) is 17.3 Å². The molecule has 0 aliphatic heterocycles. The van der Waals surface area contributed by atoms with Crippen LogP contribution in [0.1, 0.15) is 158 Å². The van der Waals surface area contributed by atoms with Crippen molar-refractivity contribution in [2.24, 2.45) is 0 Å². The Hall–Kier alpha value is -1.51. The van der Waals surface area contributed by atoms with Crippen LogP contribution in [-0.2, 0) is 6.42 Å². The van der Waals surface area contributed by atoms with E-state index in [-0.39, 0.29) is 17.3 Å². The van der Waals surface area contributed by atoms with Crippen molar-refractivity contribution in [1.82, 2.24) is 0 Å². The molecule has 0 heterocycles. The molecule has 0 fully saturated rings. The van der Waals surface area contributed by atoms with Crippen molar-refractivity contribution < 1.29 is 15.0 Å². The molecule has 3 nitrogen and oxygen atoms in total. The molecule has 0 atom stereocenters. The lowest BCUT2D eigenvalue weighted by atomic mass is 9.94. The summed E-state index contributed by atoms with van der Waals surface area (Å²) in [5, 5.41) is 19.9. The van der Waals surface area contributed by atoms with Gasteiger partial charge >= 0.3 is 0 Å². The summed E-state index contributed by atoms with van der Waals surface area (Å²) in [6.45, 7) is 4.50. The van der Waals surface area contributed by atoms with E-state index in [2.05, 4.69) is 13.8 Å². The lowest BCUT2D eigenvalue weighted by molar-refractivity contribution is 0.0977. The van der Waals surface area contributed by atoms with Crippen LogP contribution in [0.2, 0.25) is 0 Å². The van der Waals surface area contributed by atoms with Gasteiger partial charge in [0.25, 0.3) is 0 Å². The smallest absolute Gasteiger partial charge is 0.163 e. The van der Waals surface area contributed by atoms with E-state index in [9.17, 15) is 15.0 Å². The van der Waals surface area contributed by atoms with Gasteiger partial charge in [-0.25, -0.2) is 0 Å². The molecule has 0 amide bonds. The second-order valence-corrected chi connectivity index (χ2v) is 9.93. The number of carbonyl (C=O) groups excluding carboxylic acids is 1. The van der Waals surface area contributed by atoms with Crippen LogP contribution in [-0.4, -0.2) is 16.0 Å². The van der Waals surface area contributed by atoms with Crippen molar-refractivity contribution in [3.8, 4) is 11.5 Å². The number of benzene rings is 1. The third kappa shape index (κ3) is 14.4. The highest BCUT2D eigenvalue weighted by Gasteiger charge is 2.15. The predicted octanol–water partition coefficient (Wildman–Crippen LogP) is 9.66. The molecule has 0 unspecified atom stereocenters. The van der Waals surface area contributed by atoms with Gasteiger partial charge in [0.05, 0.1) is 0 Å². The summed E-state index contributed by atoms with van der Waals surface area (Å²) in [5.41, 5.74) is 1.51. The van der Waals surface area contributed by atoms with Crippen molar-refractivity contribution in [1.29, 1.82) is 0 Å². The Morgan fingerprint density at radius 3 is 1.45 bits per heavy atom. The number of Topliss-reactive ketones (excluding diaryl/α,β-unsaturated/α-hetero) is 1. The minimum Gasteiger partial charge on any atom is -0.504 e. The van der Waals surface area contributed by atoms with Crippen molar-refractivity contribution in [3.63, 3.8) is 0 Å². The van der Waals surface area contributed by atoms with E-state index in [1.165, 1.54) is 102 Å². The monoisotopic (exact) mass is 460 g/mol. The summed E-state index contributed by atoms with van der Waals surface area (Å²) in [5.74, 6) is -0.190. The maximum absolute atomic E-state index is 12.8. The van der Waals surface area contributed by atoms with Gasteiger partial charge in [-0.3, -0.25) is 4.79 Å². The molecular weight excluding hydrogens is 408 g/mol. The van der Waals surface area contributed by atoms with E-state index in [0.29, 0.717) is 12.0 Å². The van der Waals surface area contributed by atoms with Gasteiger partial charge < -0.3 is 10.2 Å². The minimum absolute atomic E-state index is 0.107. The Morgan fingerprint density at radius 2 is 0.970 bits per heavy atom. The SMILES string of the molecule is CCCCCCCCCCCCc1cc(O)c(O)cc1C(=O)CCCCCCCCCCC. The molecule has 0 aliphatic carbocycles. The van der Waals surface area contributed by atoms with E-state index in [4.69, 9.17) is 0 Å². The zero-order valence-electron chi connectivity index (χ0n) is 21.8. The van der Waals surface area contributed by atoms with E-state index in [1.54, 1.807) is 6.07 Å². The Labute approximate surface area is 204 Å². The molecule has 0 aliphatic rings. The van der Waals surface area contributed by atoms with E-state index < -0.39 is 0 Å². The number of phenolic OH excluding ortho intramolecular Hbond substituents is 2. The quantitative estimate of drug-likeness (QED) is 0.103. The second-order valence-electron chi connectivity index (χ2n) is 9.93. The first kappa shape index (κ1) is 29.5. The Bertz CT molecular complexity index is 623. The summed E-state index contributed by atoms with van der Waals surface area (Å²) < 4.78 is 0. The molecule has 0 radical (unpaired) electrons. The van der Waals surface area contributed by atoms with Crippen molar-refractivity contribution in [2.75, 3.05) is 0 Å². The van der Waals surface area contributed by atoms with Crippen LogP contribution in [0.15, 0.2) is 12.1 Å². The zero-order valence-corrected chi connectivity index (χ0v) is 21.8. The Kier molecular flexibility index (Phi) is 17.8. The average molecular weight is 461 g/mol. The van der Waals surface area contributed by atoms with E-state index >= 15 is 0 Å². The van der Waals surface area contributed by atoms with Crippen LogP contribution in [0.4, 0.5) is 0 Å². The first-order chi connectivity index (χ1) is 16.1. The van der Waals surface area contributed by atoms with Gasteiger partial charge in [-0.1, -0.05) is 123 Å². The van der Waals surface area contributed by atoms with Gasteiger partial charge in [0, 0.05) is 12.0 Å². The highest BCUT2D eigenvalue weighted by atomic mass is 16.3. The number of unbranched alkanes of at least 4 members (excludes halogenated alkanes) is 17. The fraction of sp³-hybridized carbons (Fsp3) is 0.767. The average Bonchev–Trinajstić information content (AvgIpc) is 2.81. The maximum Gasteiger partial charge on any atom is 0.163 e. The number of ketones is 1. The lowest BCUT2D eigenvalue weighted by Gasteiger charge is -2.11. The van der Waals surface area contributed by atoms with Gasteiger partial charge in [0.1, 0.15) is 0 Å². The van der Waals surface area contributed by atoms with E-state index in [0.717, 1.165) is 37.7 Å². The normalized spacial score (nSPS) is 11.2. The number of phenols is 2. The second kappa shape index (κ2) is 19.9. The molecule has 190 valence electrons. The molecule has 33 heavy (non-hydrogen) atoms. The van der Waals surface area contributed by atoms with Crippen LogP contribution in [0.5, 0.6) is 11.5 Å². The van der Waals surface area contributed by atoms with Gasteiger partial charge in [-0.05, 0) is 37.0 Å². The number of aromatic hydroxyl groups is 2.